The number of nitro groups is 1. The number of amides is 1. The first kappa shape index (κ1) is 43.8. The van der Waals surface area contributed by atoms with Crippen LogP contribution < -0.4 is 19.7 Å². The molecule has 2 saturated heterocycles. The zero-order chi connectivity index (χ0) is 44.8. The van der Waals surface area contributed by atoms with E-state index in [9.17, 15) is 23.3 Å². The zero-order valence-electron chi connectivity index (χ0n) is 36.4. The van der Waals surface area contributed by atoms with E-state index < -0.39 is 31.4 Å². The van der Waals surface area contributed by atoms with Crippen LogP contribution in [0.1, 0.15) is 75.2 Å². The molecule has 3 N–H and O–H groups in total. The van der Waals surface area contributed by atoms with Crippen LogP contribution in [0.2, 0.25) is 5.02 Å². The molecule has 1 spiro atoms. The van der Waals surface area contributed by atoms with Crippen LogP contribution in [0.5, 0.6) is 11.5 Å². The Kier molecular flexibility index (Phi) is 12.0. The number of benzene rings is 3. The highest BCUT2D eigenvalue weighted by Crippen LogP contribution is 2.67. The maximum absolute atomic E-state index is 14.0. The molecule has 1 atom stereocenters. The molecular weight excluding hydrogens is 854 g/mol. The number of H-pyrrole nitrogens is 1. The second kappa shape index (κ2) is 17.5. The summed E-state index contributed by atoms with van der Waals surface area (Å²) < 4.78 is 41.4. The number of nitrogens with zero attached hydrogens (tertiary/aromatic N) is 4. The van der Waals surface area contributed by atoms with Gasteiger partial charge >= 0.3 is 0 Å². The minimum atomic E-state index is -4.56. The van der Waals surface area contributed by atoms with Crippen molar-refractivity contribution < 1.29 is 27.6 Å². The number of carbonyl (C=O) groups excluding carboxylic acids is 1. The van der Waals surface area contributed by atoms with Gasteiger partial charge in [0.25, 0.3) is 21.6 Å². The van der Waals surface area contributed by atoms with Gasteiger partial charge in [0.1, 0.15) is 22.8 Å². The van der Waals surface area contributed by atoms with Crippen LogP contribution in [0.4, 0.5) is 17.1 Å². The Morgan fingerprint density at radius 2 is 1.81 bits per heavy atom. The van der Waals surface area contributed by atoms with Gasteiger partial charge in [-0.05, 0) is 122 Å². The highest BCUT2D eigenvalue weighted by Gasteiger charge is 2.56. The minimum Gasteiger partial charge on any atom is -0.455 e. The summed E-state index contributed by atoms with van der Waals surface area (Å²) in [6, 6.07) is 20.8. The number of nitrogens with one attached hydrogen (secondary N) is 3. The van der Waals surface area contributed by atoms with Crippen LogP contribution in [-0.2, 0) is 14.8 Å². The standard InChI is InChI=1S/C48H54ClN7O7S/c1-31-29-55(19-18-54(31)30-35-25-48(15-16-48)47(2,3)26-41(35)33-4-6-36(49)7-5-33)37-8-10-40(44(23-37)63-38-22-34-12-17-50-45(34)52-28-38)46(57)53-64(60,61)39-9-11-42(43(24-39)56(58)59)51-27-32-13-20-62-21-14-32/h4-12,17,22-24,28,31-32,51H,13-16,18-21,25-27,29-30H2,1-3H3,(H,50,52)(H,53,57). The van der Waals surface area contributed by atoms with E-state index in [4.69, 9.17) is 21.1 Å². The fourth-order valence-corrected chi connectivity index (χ4v) is 10.9. The number of carbonyl (C=O) groups is 1. The molecule has 2 aliphatic carbocycles. The number of ether oxygens (including phenoxy) is 2. The molecule has 2 aliphatic heterocycles. The van der Waals surface area contributed by atoms with Gasteiger partial charge < -0.3 is 24.7 Å². The molecule has 3 fully saturated rings. The van der Waals surface area contributed by atoms with Crippen LogP contribution in [0.25, 0.3) is 16.6 Å². The lowest BCUT2D eigenvalue weighted by atomic mass is 9.63. The van der Waals surface area contributed by atoms with E-state index in [1.54, 1.807) is 30.5 Å². The van der Waals surface area contributed by atoms with Crippen molar-refractivity contribution in [2.75, 3.05) is 56.2 Å². The van der Waals surface area contributed by atoms with Crippen molar-refractivity contribution in [2.24, 2.45) is 16.7 Å². The molecular formula is C48H54ClN7O7S. The molecule has 64 heavy (non-hydrogen) atoms. The number of allylic oxidation sites excluding steroid dienone is 1. The summed E-state index contributed by atoms with van der Waals surface area (Å²) in [5, 5.41) is 16.8. The Morgan fingerprint density at radius 1 is 1.03 bits per heavy atom. The lowest BCUT2D eigenvalue weighted by Crippen LogP contribution is -2.52. The first-order chi connectivity index (χ1) is 30.7. The molecule has 4 aliphatic rings. The predicted molar refractivity (Wildman–Crippen MR) is 249 cm³/mol. The van der Waals surface area contributed by atoms with E-state index in [1.165, 1.54) is 47.9 Å². The van der Waals surface area contributed by atoms with E-state index in [0.717, 1.165) is 74.0 Å². The number of rotatable bonds is 13. The average Bonchev–Trinajstić information content (AvgIpc) is 3.92. The van der Waals surface area contributed by atoms with Crippen molar-refractivity contribution in [1.29, 1.82) is 0 Å². The number of pyridine rings is 1. The number of piperazine rings is 1. The third-order valence-electron chi connectivity index (χ3n) is 14.0. The molecule has 5 aromatic rings. The lowest BCUT2D eigenvalue weighted by molar-refractivity contribution is -0.384. The molecule has 14 nitrogen and oxygen atoms in total. The second-order valence-corrected chi connectivity index (χ2v) is 20.7. The average molecular weight is 909 g/mol. The van der Waals surface area contributed by atoms with Crippen molar-refractivity contribution in [1.82, 2.24) is 19.6 Å². The number of hydrogen-bond acceptors (Lipinski definition) is 11. The van der Waals surface area contributed by atoms with Crippen LogP contribution in [0.15, 0.2) is 95.7 Å². The normalized spacial score (nSPS) is 20.1. The maximum atomic E-state index is 14.0. The summed E-state index contributed by atoms with van der Waals surface area (Å²) in [5.74, 6) is -0.191. The number of halogens is 1. The zero-order valence-corrected chi connectivity index (χ0v) is 37.9. The largest absolute Gasteiger partial charge is 0.455 e. The number of nitro benzene ring substituents is 1. The highest BCUT2D eigenvalue weighted by atomic mass is 35.5. The van der Waals surface area contributed by atoms with Crippen molar-refractivity contribution in [3.8, 4) is 11.5 Å². The molecule has 0 radical (unpaired) electrons. The molecule has 4 heterocycles. The smallest absolute Gasteiger partial charge is 0.293 e. The molecule has 2 aromatic heterocycles. The quantitative estimate of drug-likeness (QED) is 0.0759. The molecule has 9 rings (SSSR count). The van der Waals surface area contributed by atoms with Crippen LogP contribution in [0, 0.1) is 26.9 Å². The molecule has 1 amide bonds. The SMILES string of the molecule is CC1CN(c2ccc(C(=O)NS(=O)(=O)c3ccc(NCC4CCOCC4)c([N+](=O)[O-])c3)c(Oc3cnc4[nH]ccc4c3)c2)CCN1CC1=C(c2ccc(Cl)cc2)CC(C)(C)C2(CC2)C1. The molecule has 1 unspecified atom stereocenters. The number of aromatic amines is 1. The molecule has 336 valence electrons. The first-order valence-corrected chi connectivity index (χ1v) is 23.9. The van der Waals surface area contributed by atoms with Crippen molar-refractivity contribution >= 4 is 61.2 Å². The van der Waals surface area contributed by atoms with Gasteiger partial charge in [-0.2, -0.15) is 0 Å². The van der Waals surface area contributed by atoms with Gasteiger partial charge in [-0.25, -0.2) is 18.1 Å². The summed E-state index contributed by atoms with van der Waals surface area (Å²) in [6.07, 6.45) is 9.62. The predicted octanol–water partition coefficient (Wildman–Crippen LogP) is 9.44. The molecule has 16 heteroatoms. The topological polar surface area (TPSA) is 172 Å². The number of hydrogen-bond donors (Lipinski definition) is 3. The van der Waals surface area contributed by atoms with Crippen LogP contribution in [-0.4, -0.2) is 86.1 Å². The van der Waals surface area contributed by atoms with E-state index in [-0.39, 0.29) is 34.4 Å². The Morgan fingerprint density at radius 3 is 2.55 bits per heavy atom. The fraction of sp³-hybridized carbons (Fsp3) is 0.417. The molecule has 3 aromatic carbocycles. The Balaban J connectivity index is 0.949. The van der Waals surface area contributed by atoms with Crippen molar-refractivity contribution in [2.45, 2.75) is 70.2 Å². The number of fused-ring (bicyclic) bond motifs is 1. The Hall–Kier alpha value is -5.48. The molecule has 1 saturated carbocycles. The monoisotopic (exact) mass is 907 g/mol. The van der Waals surface area contributed by atoms with Crippen molar-refractivity contribution in [3.63, 3.8) is 0 Å². The lowest BCUT2D eigenvalue weighted by Gasteiger charge is -2.45. The third kappa shape index (κ3) is 9.08. The van der Waals surface area contributed by atoms with Crippen LogP contribution in [0.3, 0.4) is 0 Å². The van der Waals surface area contributed by atoms with E-state index >= 15 is 0 Å². The number of sulfonamides is 1. The summed E-state index contributed by atoms with van der Waals surface area (Å²) >= 11 is 6.31. The summed E-state index contributed by atoms with van der Waals surface area (Å²) in [4.78, 5) is 37.4. The first-order valence-electron chi connectivity index (χ1n) is 22.1. The molecule has 0 bridgehead atoms. The number of anilines is 2. The highest BCUT2D eigenvalue weighted by molar-refractivity contribution is 7.90. The van der Waals surface area contributed by atoms with E-state index in [2.05, 4.69) is 62.7 Å². The van der Waals surface area contributed by atoms with Gasteiger partial charge in [0.05, 0.1) is 21.6 Å². The summed E-state index contributed by atoms with van der Waals surface area (Å²) in [5.41, 5.74) is 6.01. The number of aromatic nitrogens is 2. The van der Waals surface area contributed by atoms with Crippen molar-refractivity contribution in [3.05, 3.63) is 117 Å². The second-order valence-electron chi connectivity index (χ2n) is 18.5. The van der Waals surface area contributed by atoms with E-state index in [1.807, 2.05) is 18.2 Å². The summed E-state index contributed by atoms with van der Waals surface area (Å²) in [7, 11) is -4.56. The van der Waals surface area contributed by atoms with Gasteiger partial charge in [-0.1, -0.05) is 43.2 Å². The van der Waals surface area contributed by atoms with Gasteiger partial charge in [0.15, 0.2) is 0 Å². The van der Waals surface area contributed by atoms with Gasteiger partial charge in [-0.15, -0.1) is 0 Å². The maximum Gasteiger partial charge on any atom is 0.293 e. The van der Waals surface area contributed by atoms with Crippen LogP contribution >= 0.6 is 11.6 Å². The minimum absolute atomic E-state index is 0.0340. The van der Waals surface area contributed by atoms with E-state index in [0.29, 0.717) is 36.6 Å². The summed E-state index contributed by atoms with van der Waals surface area (Å²) in [6.45, 7) is 12.0. The van der Waals surface area contributed by atoms with Gasteiger partial charge in [0.2, 0.25) is 0 Å². The Bertz CT molecular complexity index is 2730. The third-order valence-corrected chi connectivity index (χ3v) is 15.6. The fourth-order valence-electron chi connectivity index (χ4n) is 9.83. The van der Waals surface area contributed by atoms with Gasteiger partial charge in [0, 0.05) is 86.4 Å². The van der Waals surface area contributed by atoms with Gasteiger partial charge in [-0.3, -0.25) is 19.8 Å². The Labute approximate surface area is 378 Å².